The van der Waals surface area contributed by atoms with Crippen LogP contribution in [0.15, 0.2) is 18.2 Å². The number of nitro benzene ring substituents is 1. The number of quaternary nitrogens is 1. The van der Waals surface area contributed by atoms with Gasteiger partial charge in [-0.3, -0.25) is 15.0 Å². The number of fused-ring (bicyclic) bond motifs is 2. The van der Waals surface area contributed by atoms with E-state index in [1.807, 2.05) is 0 Å². The first kappa shape index (κ1) is 16.0. The molecule has 2 aliphatic heterocycles. The zero-order valence-corrected chi connectivity index (χ0v) is 11.7. The minimum absolute atomic E-state index is 0. The second-order valence-corrected chi connectivity index (χ2v) is 5.49. The molecule has 0 atom stereocenters. The quantitative estimate of drug-likeness (QED) is 0.587. The third kappa shape index (κ3) is 2.72. The highest BCUT2D eigenvalue weighted by molar-refractivity contribution is 5.49. The molecule has 8 heteroatoms. The number of nitrogens with one attached hydrogen (secondary N) is 1. The molecule has 0 unspecified atom stereocenters. The van der Waals surface area contributed by atoms with Crippen LogP contribution >= 0.6 is 0 Å². The van der Waals surface area contributed by atoms with Gasteiger partial charge in [0.15, 0.2) is 0 Å². The number of benzene rings is 1. The minimum Gasteiger partial charge on any atom is -1.00 e. The van der Waals surface area contributed by atoms with Crippen molar-refractivity contribution in [1.29, 1.82) is 0 Å². The van der Waals surface area contributed by atoms with Gasteiger partial charge >= 0.3 is 6.18 Å². The molecule has 116 valence electrons. The average Bonchev–Trinajstić information content (AvgIpc) is 2.96. The second-order valence-electron chi connectivity index (χ2n) is 5.49. The maximum atomic E-state index is 13.0. The standard InChI is InChI=1S/C13H13F3N2O2.ClH/c14-13(15,16)11-7-10(5-6-12(11)18(19)20)17-8-1-2-9(17)4-3-8;/h5-9H,1-4H2;1H. The summed E-state index contributed by atoms with van der Waals surface area (Å²) in [5, 5.41) is 10.7. The fourth-order valence-corrected chi connectivity index (χ4v) is 3.62. The lowest BCUT2D eigenvalue weighted by Crippen LogP contribution is -3.10. The maximum Gasteiger partial charge on any atom is 0.423 e. The molecule has 0 radical (unpaired) electrons. The Morgan fingerprint density at radius 1 is 1.14 bits per heavy atom. The largest absolute Gasteiger partial charge is 1.00 e. The third-order valence-corrected chi connectivity index (χ3v) is 4.44. The number of hydrogen-bond acceptors (Lipinski definition) is 2. The van der Waals surface area contributed by atoms with Gasteiger partial charge in [0.25, 0.3) is 5.69 Å². The Bertz CT molecular complexity index is 545. The van der Waals surface area contributed by atoms with Crippen molar-refractivity contribution in [3.63, 3.8) is 0 Å². The summed E-state index contributed by atoms with van der Waals surface area (Å²) in [7, 11) is 0. The highest BCUT2D eigenvalue weighted by atomic mass is 35.5. The Hall–Kier alpha value is -1.34. The number of halogens is 4. The summed E-state index contributed by atoms with van der Waals surface area (Å²) in [6, 6.07) is 4.15. The summed E-state index contributed by atoms with van der Waals surface area (Å²) >= 11 is 0. The fourth-order valence-electron chi connectivity index (χ4n) is 3.62. The predicted octanol–water partition coefficient (Wildman–Crippen LogP) is -0.541. The van der Waals surface area contributed by atoms with Crippen LogP contribution in [0.5, 0.6) is 0 Å². The van der Waals surface area contributed by atoms with Crippen molar-refractivity contribution >= 4 is 11.4 Å². The summed E-state index contributed by atoms with van der Waals surface area (Å²) in [6.45, 7) is 0. The number of alkyl halides is 3. The van der Waals surface area contributed by atoms with E-state index in [1.54, 1.807) is 0 Å². The molecule has 2 saturated heterocycles. The molecular formula is C13H14ClF3N2O2. The SMILES string of the molecule is O=[N+]([O-])c1ccc([NH+]2C3CCC2CC3)cc1C(F)(F)F.[Cl-]. The van der Waals surface area contributed by atoms with Gasteiger partial charge in [-0.25, -0.2) is 0 Å². The second kappa shape index (κ2) is 5.46. The van der Waals surface area contributed by atoms with Crippen LogP contribution < -0.4 is 17.3 Å². The van der Waals surface area contributed by atoms with Crippen molar-refractivity contribution < 1.29 is 35.4 Å². The molecule has 1 N–H and O–H groups in total. The summed E-state index contributed by atoms with van der Waals surface area (Å²) in [5.74, 6) is 0. The number of nitro groups is 1. The summed E-state index contributed by atoms with van der Waals surface area (Å²) < 4.78 is 38.9. The van der Waals surface area contributed by atoms with Gasteiger partial charge in [-0.2, -0.15) is 13.2 Å². The molecule has 3 rings (SSSR count). The van der Waals surface area contributed by atoms with E-state index >= 15 is 0 Å². The van der Waals surface area contributed by atoms with Crippen molar-refractivity contribution in [2.24, 2.45) is 0 Å². The van der Waals surface area contributed by atoms with Crippen LogP contribution in [-0.2, 0) is 6.18 Å². The van der Waals surface area contributed by atoms with Gasteiger partial charge in [-0.1, -0.05) is 0 Å². The van der Waals surface area contributed by atoms with Crippen LogP contribution in [0.1, 0.15) is 31.2 Å². The third-order valence-electron chi connectivity index (χ3n) is 4.44. The Morgan fingerprint density at radius 3 is 2.10 bits per heavy atom. The minimum atomic E-state index is -4.70. The van der Waals surface area contributed by atoms with E-state index in [0.29, 0.717) is 17.8 Å². The Kier molecular flexibility index (Phi) is 4.17. The van der Waals surface area contributed by atoms with Gasteiger partial charge in [-0.05, 0) is 0 Å². The van der Waals surface area contributed by atoms with Gasteiger partial charge in [-0.15, -0.1) is 0 Å². The smallest absolute Gasteiger partial charge is 0.423 e. The van der Waals surface area contributed by atoms with E-state index < -0.39 is 22.4 Å². The van der Waals surface area contributed by atoms with E-state index in [4.69, 9.17) is 0 Å². The fraction of sp³-hybridized carbons (Fsp3) is 0.538. The number of nitrogens with zero attached hydrogens (tertiary/aromatic N) is 1. The van der Waals surface area contributed by atoms with Crippen LogP contribution in [-0.4, -0.2) is 17.0 Å². The van der Waals surface area contributed by atoms with Crippen molar-refractivity contribution in [3.05, 3.63) is 33.9 Å². The molecule has 2 bridgehead atoms. The molecule has 1 aromatic rings. The zero-order chi connectivity index (χ0) is 14.5. The Labute approximate surface area is 125 Å². The first-order chi connectivity index (χ1) is 9.38. The molecule has 2 fully saturated rings. The Morgan fingerprint density at radius 2 is 1.67 bits per heavy atom. The van der Waals surface area contributed by atoms with E-state index in [1.165, 1.54) is 6.07 Å². The first-order valence-corrected chi connectivity index (χ1v) is 6.60. The lowest BCUT2D eigenvalue weighted by atomic mass is 10.0. The molecule has 0 aromatic heterocycles. The number of hydrogen-bond donors (Lipinski definition) is 1. The predicted molar refractivity (Wildman–Crippen MR) is 64.8 cm³/mol. The molecule has 21 heavy (non-hydrogen) atoms. The molecular weight excluding hydrogens is 309 g/mol. The normalized spacial score (nSPS) is 27.5. The van der Waals surface area contributed by atoms with Crippen molar-refractivity contribution in [2.45, 2.75) is 43.9 Å². The lowest BCUT2D eigenvalue weighted by molar-refractivity contribution is -0.856. The van der Waals surface area contributed by atoms with Crippen molar-refractivity contribution in [1.82, 2.24) is 0 Å². The van der Waals surface area contributed by atoms with Gasteiger partial charge in [0.2, 0.25) is 0 Å². The van der Waals surface area contributed by atoms with Gasteiger partial charge in [0.05, 0.1) is 17.0 Å². The molecule has 2 heterocycles. The summed E-state index contributed by atoms with van der Waals surface area (Å²) in [4.78, 5) is 10.8. The van der Waals surface area contributed by atoms with E-state index in [0.717, 1.165) is 42.7 Å². The molecule has 0 amide bonds. The molecule has 1 aromatic carbocycles. The molecule has 0 spiro atoms. The number of rotatable bonds is 2. The topological polar surface area (TPSA) is 47.6 Å². The molecule has 0 saturated carbocycles. The van der Waals surface area contributed by atoms with Gasteiger partial charge in [0.1, 0.15) is 11.3 Å². The van der Waals surface area contributed by atoms with Crippen LogP contribution in [0.25, 0.3) is 0 Å². The molecule has 2 aliphatic rings. The highest BCUT2D eigenvalue weighted by Crippen LogP contribution is 2.38. The van der Waals surface area contributed by atoms with E-state index in [9.17, 15) is 23.3 Å². The van der Waals surface area contributed by atoms with Crippen LogP contribution in [0.4, 0.5) is 24.5 Å². The van der Waals surface area contributed by atoms with Crippen molar-refractivity contribution in [3.8, 4) is 0 Å². The van der Waals surface area contributed by atoms with E-state index in [2.05, 4.69) is 0 Å². The summed E-state index contributed by atoms with van der Waals surface area (Å²) in [5.41, 5.74) is -1.47. The monoisotopic (exact) mass is 322 g/mol. The summed E-state index contributed by atoms with van der Waals surface area (Å²) in [6.07, 6.45) is -0.593. The van der Waals surface area contributed by atoms with Crippen LogP contribution in [0.2, 0.25) is 0 Å². The van der Waals surface area contributed by atoms with E-state index in [-0.39, 0.29) is 12.4 Å². The highest BCUT2D eigenvalue weighted by Gasteiger charge is 2.46. The van der Waals surface area contributed by atoms with Crippen molar-refractivity contribution in [2.75, 3.05) is 0 Å². The van der Waals surface area contributed by atoms with Crippen LogP contribution in [0.3, 0.4) is 0 Å². The van der Waals surface area contributed by atoms with Gasteiger partial charge in [0, 0.05) is 43.9 Å². The van der Waals surface area contributed by atoms with Crippen LogP contribution in [0, 0.1) is 10.1 Å². The maximum absolute atomic E-state index is 13.0. The Balaban J connectivity index is 0.00000161. The van der Waals surface area contributed by atoms with Gasteiger partial charge < -0.3 is 12.4 Å². The zero-order valence-electron chi connectivity index (χ0n) is 11.0. The average molecular weight is 323 g/mol. The molecule has 4 nitrogen and oxygen atoms in total. The first-order valence-electron chi connectivity index (χ1n) is 6.60. The molecule has 0 aliphatic carbocycles. The lowest BCUT2D eigenvalue weighted by Gasteiger charge is -2.19.